The molecule has 0 aliphatic heterocycles. The average Bonchev–Trinajstić information content (AvgIpc) is 2.19. The van der Waals surface area contributed by atoms with Gasteiger partial charge in [-0.05, 0) is 18.6 Å². The number of rotatable bonds is 2. The molecule has 1 aromatic rings. The topological polar surface area (TPSA) is 58.0 Å². The van der Waals surface area contributed by atoms with Gasteiger partial charge in [-0.15, -0.1) is 5.10 Å². The van der Waals surface area contributed by atoms with Crippen molar-refractivity contribution < 1.29 is 5.11 Å². The summed E-state index contributed by atoms with van der Waals surface area (Å²) in [5.41, 5.74) is -0.0719. The van der Waals surface area contributed by atoms with Gasteiger partial charge in [-0.1, -0.05) is 13.8 Å². The van der Waals surface area contributed by atoms with Gasteiger partial charge in [0, 0.05) is 17.7 Å². The van der Waals surface area contributed by atoms with E-state index in [0.717, 1.165) is 12.2 Å². The lowest BCUT2D eigenvalue weighted by atomic mass is 9.64. The summed E-state index contributed by atoms with van der Waals surface area (Å²) in [6.07, 6.45) is 2.21. The number of nitrogens with one attached hydrogen (secondary N) is 1. The minimum Gasteiger partial charge on any atom is -0.392 e. The zero-order valence-electron chi connectivity index (χ0n) is 8.44. The second kappa shape index (κ2) is 3.20. The predicted octanol–water partition coefficient (Wildman–Crippen LogP) is 1.05. The zero-order valence-corrected chi connectivity index (χ0v) is 8.44. The molecule has 76 valence electrons. The van der Waals surface area contributed by atoms with Gasteiger partial charge in [0.2, 0.25) is 0 Å². The average molecular weight is 193 g/mol. The van der Waals surface area contributed by atoms with Crippen molar-refractivity contribution in [3.63, 3.8) is 0 Å². The summed E-state index contributed by atoms with van der Waals surface area (Å²) in [4.78, 5) is 0. The van der Waals surface area contributed by atoms with Gasteiger partial charge in [-0.2, -0.15) is 5.10 Å². The maximum absolute atomic E-state index is 9.55. The summed E-state index contributed by atoms with van der Waals surface area (Å²) in [7, 11) is 0. The molecule has 0 aromatic carbocycles. The highest BCUT2D eigenvalue weighted by Crippen LogP contribution is 2.41. The SMILES string of the molecule is CC1(C)C(O)CC1Nc1cccnn1. The Bertz CT molecular complexity index is 312. The van der Waals surface area contributed by atoms with E-state index >= 15 is 0 Å². The van der Waals surface area contributed by atoms with E-state index in [0.29, 0.717) is 0 Å². The van der Waals surface area contributed by atoms with Gasteiger partial charge in [0.1, 0.15) is 5.82 Å². The van der Waals surface area contributed by atoms with Crippen molar-refractivity contribution in [2.45, 2.75) is 32.4 Å². The Labute approximate surface area is 83.4 Å². The monoisotopic (exact) mass is 193 g/mol. The molecule has 2 atom stereocenters. The molecule has 0 radical (unpaired) electrons. The Hall–Kier alpha value is -1.16. The molecule has 1 aromatic heterocycles. The molecule has 1 aliphatic carbocycles. The van der Waals surface area contributed by atoms with Crippen LogP contribution >= 0.6 is 0 Å². The Balaban J connectivity index is 2.01. The second-order valence-electron chi connectivity index (χ2n) is 4.38. The first-order chi connectivity index (χ1) is 6.60. The third-order valence-electron chi connectivity index (χ3n) is 3.11. The lowest BCUT2D eigenvalue weighted by Gasteiger charge is -2.49. The van der Waals surface area contributed by atoms with Gasteiger partial charge in [0.05, 0.1) is 6.10 Å². The van der Waals surface area contributed by atoms with Crippen LogP contribution in [0.3, 0.4) is 0 Å². The van der Waals surface area contributed by atoms with Crippen molar-refractivity contribution >= 4 is 5.82 Å². The van der Waals surface area contributed by atoms with Crippen molar-refractivity contribution in [2.75, 3.05) is 5.32 Å². The standard InChI is InChI=1S/C10H15N3O/c1-10(2)7(6-8(10)14)12-9-4-3-5-11-13-9/h3-5,7-8,14H,6H2,1-2H3,(H,12,13). The predicted molar refractivity (Wildman–Crippen MR) is 53.8 cm³/mol. The van der Waals surface area contributed by atoms with Gasteiger partial charge in [-0.25, -0.2) is 0 Å². The molecule has 2 unspecified atom stereocenters. The second-order valence-corrected chi connectivity index (χ2v) is 4.38. The summed E-state index contributed by atoms with van der Waals surface area (Å²) < 4.78 is 0. The molecular formula is C10H15N3O. The molecule has 14 heavy (non-hydrogen) atoms. The quantitative estimate of drug-likeness (QED) is 0.737. The molecule has 1 fully saturated rings. The summed E-state index contributed by atoms with van der Waals surface area (Å²) in [5.74, 6) is 0.775. The zero-order chi connectivity index (χ0) is 10.2. The highest BCUT2D eigenvalue weighted by atomic mass is 16.3. The maximum Gasteiger partial charge on any atom is 0.148 e. The fraction of sp³-hybridized carbons (Fsp3) is 0.600. The van der Waals surface area contributed by atoms with Crippen LogP contribution in [0.2, 0.25) is 0 Å². The van der Waals surface area contributed by atoms with Crippen LogP contribution in [0.1, 0.15) is 20.3 Å². The maximum atomic E-state index is 9.55. The van der Waals surface area contributed by atoms with Crippen molar-refractivity contribution in [3.8, 4) is 0 Å². The lowest BCUT2D eigenvalue weighted by Crippen LogP contribution is -2.57. The minimum absolute atomic E-state index is 0.0719. The smallest absolute Gasteiger partial charge is 0.148 e. The molecule has 4 nitrogen and oxygen atoms in total. The number of aromatic nitrogens is 2. The van der Waals surface area contributed by atoms with Gasteiger partial charge >= 0.3 is 0 Å². The van der Waals surface area contributed by atoms with Crippen LogP contribution in [0.15, 0.2) is 18.3 Å². The molecule has 4 heteroatoms. The molecule has 0 spiro atoms. The molecule has 1 aliphatic rings. The largest absolute Gasteiger partial charge is 0.392 e. The molecule has 1 saturated carbocycles. The van der Waals surface area contributed by atoms with Crippen LogP contribution < -0.4 is 5.32 Å². The number of aliphatic hydroxyl groups is 1. The minimum atomic E-state index is -0.211. The van der Waals surface area contributed by atoms with Crippen molar-refractivity contribution in [1.29, 1.82) is 0 Å². The lowest BCUT2D eigenvalue weighted by molar-refractivity contribution is -0.0511. The van der Waals surface area contributed by atoms with Crippen LogP contribution in [-0.4, -0.2) is 27.4 Å². The molecule has 1 heterocycles. The molecule has 0 saturated heterocycles. The fourth-order valence-electron chi connectivity index (χ4n) is 1.70. The molecule has 0 bridgehead atoms. The van der Waals surface area contributed by atoms with E-state index in [1.165, 1.54) is 0 Å². The first-order valence-corrected chi connectivity index (χ1v) is 4.83. The van der Waals surface area contributed by atoms with E-state index in [1.54, 1.807) is 6.20 Å². The van der Waals surface area contributed by atoms with Crippen LogP contribution in [0.5, 0.6) is 0 Å². The Kier molecular flexibility index (Phi) is 2.15. The number of hydrogen-bond donors (Lipinski definition) is 2. The van der Waals surface area contributed by atoms with E-state index in [1.807, 2.05) is 12.1 Å². The first-order valence-electron chi connectivity index (χ1n) is 4.83. The van der Waals surface area contributed by atoms with Crippen molar-refractivity contribution in [1.82, 2.24) is 10.2 Å². The molecule has 2 N–H and O–H groups in total. The molecular weight excluding hydrogens is 178 g/mol. The third-order valence-corrected chi connectivity index (χ3v) is 3.11. The third kappa shape index (κ3) is 1.46. The number of hydrogen-bond acceptors (Lipinski definition) is 4. The molecule has 2 rings (SSSR count). The Morgan fingerprint density at radius 3 is 2.86 bits per heavy atom. The van der Waals surface area contributed by atoms with E-state index in [2.05, 4.69) is 29.4 Å². The van der Waals surface area contributed by atoms with E-state index < -0.39 is 0 Å². The van der Waals surface area contributed by atoms with Gasteiger partial charge in [-0.3, -0.25) is 0 Å². The summed E-state index contributed by atoms with van der Waals surface area (Å²) in [6, 6.07) is 4.01. The normalized spacial score (nSPS) is 29.4. The van der Waals surface area contributed by atoms with Crippen LogP contribution in [-0.2, 0) is 0 Å². The highest BCUT2D eigenvalue weighted by Gasteiger charge is 2.47. The first kappa shape index (κ1) is 9.40. The van der Waals surface area contributed by atoms with E-state index in [-0.39, 0.29) is 17.6 Å². The van der Waals surface area contributed by atoms with Gasteiger partial charge in [0.15, 0.2) is 0 Å². The number of nitrogens with zero attached hydrogens (tertiary/aromatic N) is 2. The number of aliphatic hydroxyl groups excluding tert-OH is 1. The summed E-state index contributed by atoms with van der Waals surface area (Å²) in [6.45, 7) is 4.10. The van der Waals surface area contributed by atoms with Crippen molar-refractivity contribution in [3.05, 3.63) is 18.3 Å². The van der Waals surface area contributed by atoms with E-state index in [4.69, 9.17) is 0 Å². The van der Waals surface area contributed by atoms with Gasteiger partial charge in [0.25, 0.3) is 0 Å². The fourth-order valence-corrected chi connectivity index (χ4v) is 1.70. The van der Waals surface area contributed by atoms with Crippen LogP contribution in [0.25, 0.3) is 0 Å². The Morgan fingerprint density at radius 2 is 2.36 bits per heavy atom. The highest BCUT2D eigenvalue weighted by molar-refractivity contribution is 5.35. The summed E-state index contributed by atoms with van der Waals surface area (Å²) >= 11 is 0. The van der Waals surface area contributed by atoms with Crippen LogP contribution in [0.4, 0.5) is 5.82 Å². The van der Waals surface area contributed by atoms with Gasteiger partial charge < -0.3 is 10.4 Å². The molecule has 0 amide bonds. The van der Waals surface area contributed by atoms with Crippen LogP contribution in [0, 0.1) is 5.41 Å². The Morgan fingerprint density at radius 1 is 1.57 bits per heavy atom. The van der Waals surface area contributed by atoms with Crippen molar-refractivity contribution in [2.24, 2.45) is 5.41 Å². The van der Waals surface area contributed by atoms with E-state index in [9.17, 15) is 5.11 Å². The summed E-state index contributed by atoms with van der Waals surface area (Å²) in [5, 5.41) is 20.5. The number of anilines is 1.